The van der Waals surface area contributed by atoms with Crippen LogP contribution in [0.3, 0.4) is 0 Å². The number of aliphatic hydroxyl groups excluding tert-OH is 1. The monoisotopic (exact) mass is 650 g/mol. The van der Waals surface area contributed by atoms with Crippen LogP contribution in [0.15, 0.2) is 47.7 Å². The van der Waals surface area contributed by atoms with Crippen LogP contribution >= 0.6 is 11.6 Å². The Morgan fingerprint density at radius 1 is 1.16 bits per heavy atom. The van der Waals surface area contributed by atoms with Crippen molar-refractivity contribution < 1.29 is 42.2 Å². The molecule has 0 bridgehead atoms. The van der Waals surface area contributed by atoms with Crippen LogP contribution in [0.4, 0.5) is 22.4 Å². The first kappa shape index (κ1) is 32.4. The van der Waals surface area contributed by atoms with E-state index in [4.69, 9.17) is 17.0 Å². The van der Waals surface area contributed by atoms with Gasteiger partial charge < -0.3 is 25.3 Å². The number of β-amino-alcohol motifs (C(OH)–C–C–N with tert-alkyl or cyclic N) is 1. The smallest absolute Gasteiger partial charge is 0.398 e. The summed E-state index contributed by atoms with van der Waals surface area (Å²) in [6.45, 7) is 0.515. The van der Waals surface area contributed by atoms with Crippen molar-refractivity contribution in [2.24, 2.45) is 0 Å². The van der Waals surface area contributed by atoms with E-state index < -0.39 is 41.4 Å². The average molecular weight is 651 g/mol. The van der Waals surface area contributed by atoms with Gasteiger partial charge in [-0.3, -0.25) is 10.2 Å². The van der Waals surface area contributed by atoms with Crippen molar-refractivity contribution in [3.05, 3.63) is 80.8 Å². The Kier molecular flexibility index (Phi) is 8.71. The van der Waals surface area contributed by atoms with E-state index in [1.165, 1.54) is 28.0 Å². The van der Waals surface area contributed by atoms with Crippen LogP contribution in [-0.2, 0) is 5.41 Å². The van der Waals surface area contributed by atoms with Gasteiger partial charge in [0.05, 0.1) is 33.4 Å². The van der Waals surface area contributed by atoms with Gasteiger partial charge in [-0.15, -0.1) is 0 Å². The zero-order valence-corrected chi connectivity index (χ0v) is 24.9. The molecule has 9 nitrogen and oxygen atoms in total. The van der Waals surface area contributed by atoms with E-state index in [0.717, 1.165) is 18.2 Å². The first-order valence-corrected chi connectivity index (χ1v) is 14.7. The quantitative estimate of drug-likeness (QED) is 0.232. The molecule has 2 aromatic rings. The molecule has 2 aliphatic carbocycles. The fourth-order valence-electron chi connectivity index (χ4n) is 6.15. The summed E-state index contributed by atoms with van der Waals surface area (Å²) in [5.74, 6) is -3.28. The van der Waals surface area contributed by atoms with Gasteiger partial charge in [0.25, 0.3) is 5.91 Å². The van der Waals surface area contributed by atoms with Crippen LogP contribution in [0, 0.1) is 11.2 Å². The van der Waals surface area contributed by atoms with Gasteiger partial charge in [-0.25, -0.2) is 14.0 Å². The van der Waals surface area contributed by atoms with Crippen LogP contribution < -0.4 is 5.32 Å². The molecule has 0 radical (unpaired) electrons. The average Bonchev–Trinajstić information content (AvgIpc) is 3.70. The summed E-state index contributed by atoms with van der Waals surface area (Å²) in [4.78, 5) is 41.2. The van der Waals surface area contributed by atoms with Crippen LogP contribution in [0.25, 0.3) is 0 Å². The maximum Gasteiger partial charge on any atom is 0.398 e. The third-order valence-electron chi connectivity index (χ3n) is 8.92. The Hall–Kier alpha value is -3.97. The van der Waals surface area contributed by atoms with Crippen molar-refractivity contribution in [1.82, 2.24) is 15.1 Å². The second kappa shape index (κ2) is 12.1. The standard InChI is InChI=1S/C31H31ClF4N4O5/c1-39(29(45)40-12-9-18(41)15-40)17-6-8-20(26(37)19-7-5-16(28(43)44)13-23(19)33)24(14-17)38-27(42)25-21(3-2-4-22(25)32)30(10-11-30)31(34,35)36/h2-5,7,13,17-18,37,41H,6,8-12,14-15H2,1H3,(H,38,42)(H,43,44)/t17-,18+/m0/s1. The molecule has 3 amide bonds. The highest BCUT2D eigenvalue weighted by Crippen LogP contribution is 2.60. The summed E-state index contributed by atoms with van der Waals surface area (Å²) in [5.41, 5.74) is -3.46. The van der Waals surface area contributed by atoms with Crippen LogP contribution in [-0.4, -0.2) is 82.1 Å². The van der Waals surface area contributed by atoms with E-state index in [9.17, 15) is 37.8 Å². The molecule has 1 heterocycles. The van der Waals surface area contributed by atoms with Crippen molar-refractivity contribution >= 4 is 35.2 Å². The van der Waals surface area contributed by atoms with Crippen LogP contribution in [0.2, 0.25) is 5.02 Å². The van der Waals surface area contributed by atoms with Gasteiger partial charge >= 0.3 is 18.2 Å². The van der Waals surface area contributed by atoms with Crippen molar-refractivity contribution in [3.63, 3.8) is 0 Å². The SMILES string of the molecule is CN(C(=O)N1CC[C@@H](O)C1)[C@H]1CCC(C(=N)c2ccc(C(=O)O)cc2F)=C(NC(=O)c2c(Cl)cccc2C2(C(F)(F)F)CC2)C1. The number of nitrogens with one attached hydrogen (secondary N) is 2. The molecule has 0 unspecified atom stereocenters. The third-order valence-corrected chi connectivity index (χ3v) is 9.23. The molecule has 2 aromatic carbocycles. The predicted octanol–water partition coefficient (Wildman–Crippen LogP) is 5.49. The van der Waals surface area contributed by atoms with Crippen molar-refractivity contribution in [2.45, 2.75) is 62.3 Å². The second-order valence-electron chi connectivity index (χ2n) is 11.7. The number of carbonyl (C=O) groups is 3. The van der Waals surface area contributed by atoms with Crippen LogP contribution in [0.1, 0.15) is 70.4 Å². The minimum atomic E-state index is -4.62. The lowest BCUT2D eigenvalue weighted by molar-refractivity contribution is -0.160. The number of carboxylic acid groups (broad SMARTS) is 1. The summed E-state index contributed by atoms with van der Waals surface area (Å²) in [6.07, 6.45) is -4.89. The van der Waals surface area contributed by atoms with Gasteiger partial charge in [0.15, 0.2) is 0 Å². The Morgan fingerprint density at radius 3 is 2.44 bits per heavy atom. The lowest BCUT2D eigenvalue weighted by Crippen LogP contribution is -2.47. The topological polar surface area (TPSA) is 134 Å². The van der Waals surface area contributed by atoms with E-state index in [0.29, 0.717) is 19.4 Å². The molecule has 0 aromatic heterocycles. The highest BCUT2D eigenvalue weighted by atomic mass is 35.5. The number of aliphatic hydroxyl groups is 1. The first-order chi connectivity index (χ1) is 21.1. The number of amides is 3. The minimum absolute atomic E-state index is 0.0267. The normalized spacial score (nSPS) is 21.0. The molecule has 1 saturated heterocycles. The largest absolute Gasteiger partial charge is 0.478 e. The van der Waals surface area contributed by atoms with Gasteiger partial charge in [0.2, 0.25) is 0 Å². The molecule has 240 valence electrons. The number of hydrogen-bond acceptors (Lipinski definition) is 5. The van der Waals surface area contributed by atoms with Gasteiger partial charge in [-0.2, -0.15) is 13.2 Å². The second-order valence-corrected chi connectivity index (χ2v) is 12.1. The van der Waals surface area contributed by atoms with Crippen molar-refractivity contribution in [1.29, 1.82) is 5.41 Å². The Bertz CT molecular complexity index is 1610. The van der Waals surface area contributed by atoms with Gasteiger partial charge in [-0.1, -0.05) is 23.7 Å². The zero-order valence-electron chi connectivity index (χ0n) is 24.2. The molecule has 1 saturated carbocycles. The summed E-state index contributed by atoms with van der Waals surface area (Å²) < 4.78 is 57.4. The molecule has 4 N–H and O–H groups in total. The molecule has 0 spiro atoms. The fourth-order valence-corrected chi connectivity index (χ4v) is 6.41. The molecule has 1 aliphatic heterocycles. The van der Waals surface area contributed by atoms with Gasteiger partial charge in [0, 0.05) is 43.9 Å². The number of allylic oxidation sites excluding steroid dienone is 1. The number of urea groups is 1. The van der Waals surface area contributed by atoms with E-state index in [-0.39, 0.29) is 82.5 Å². The predicted molar refractivity (Wildman–Crippen MR) is 156 cm³/mol. The first-order valence-electron chi connectivity index (χ1n) is 14.4. The number of likely N-dealkylation sites (tertiary alicyclic amines) is 1. The number of aromatic carboxylic acids is 1. The third kappa shape index (κ3) is 6.15. The number of nitrogens with zero attached hydrogens (tertiary/aromatic N) is 2. The van der Waals surface area contributed by atoms with Crippen molar-refractivity contribution in [3.8, 4) is 0 Å². The Balaban J connectivity index is 1.51. The molecule has 14 heteroatoms. The molecule has 5 rings (SSSR count). The molecule has 45 heavy (non-hydrogen) atoms. The number of halogens is 5. The maximum absolute atomic E-state index is 15.0. The number of alkyl halides is 3. The number of benzene rings is 2. The highest BCUT2D eigenvalue weighted by molar-refractivity contribution is 6.34. The van der Waals surface area contributed by atoms with E-state index >= 15 is 4.39 Å². The number of carboxylic acids is 1. The number of carbonyl (C=O) groups excluding carboxylic acids is 2. The zero-order chi connectivity index (χ0) is 32.8. The van der Waals surface area contributed by atoms with E-state index in [1.54, 1.807) is 7.05 Å². The Labute approximate surface area is 261 Å². The minimum Gasteiger partial charge on any atom is -0.478 e. The summed E-state index contributed by atoms with van der Waals surface area (Å²) in [7, 11) is 1.56. The maximum atomic E-state index is 15.0. The summed E-state index contributed by atoms with van der Waals surface area (Å²) in [5, 5.41) is 30.4. The number of hydrogen-bond donors (Lipinski definition) is 4. The van der Waals surface area contributed by atoms with E-state index in [2.05, 4.69) is 5.32 Å². The highest BCUT2D eigenvalue weighted by Gasteiger charge is 2.65. The summed E-state index contributed by atoms with van der Waals surface area (Å²) >= 11 is 6.32. The van der Waals surface area contributed by atoms with Crippen molar-refractivity contribution in [2.75, 3.05) is 20.1 Å². The Morgan fingerprint density at radius 2 is 1.87 bits per heavy atom. The fraction of sp³-hybridized carbons (Fsp3) is 0.419. The molecule has 2 fully saturated rings. The summed E-state index contributed by atoms with van der Waals surface area (Å²) in [6, 6.07) is 6.05. The van der Waals surface area contributed by atoms with E-state index in [1.807, 2.05) is 0 Å². The van der Waals surface area contributed by atoms with Gasteiger partial charge in [0.1, 0.15) is 5.82 Å². The lowest BCUT2D eigenvalue weighted by Gasteiger charge is -2.36. The van der Waals surface area contributed by atoms with Crippen LogP contribution in [0.5, 0.6) is 0 Å². The molecular formula is C31H31ClF4N4O5. The van der Waals surface area contributed by atoms with Gasteiger partial charge in [-0.05, 0) is 67.5 Å². The molecule has 3 aliphatic rings. The number of rotatable bonds is 7. The molecule has 2 atom stereocenters. The lowest BCUT2D eigenvalue weighted by atomic mass is 9.85. The molecular weight excluding hydrogens is 620 g/mol.